The van der Waals surface area contributed by atoms with Crippen LogP contribution in [0.2, 0.25) is 0 Å². The summed E-state index contributed by atoms with van der Waals surface area (Å²) in [5.41, 5.74) is 3.83. The summed E-state index contributed by atoms with van der Waals surface area (Å²) in [5.74, 6) is 1.27. The highest BCUT2D eigenvalue weighted by atomic mass is 16.6. The van der Waals surface area contributed by atoms with E-state index < -0.39 is 0 Å². The second kappa shape index (κ2) is 11.7. The standard InChI is InChI=1S/C29H39N3O3/c1-3-5-9-21(4-2)20-31-28-16-13-23(27(30-33)15-12-22-10-7-6-8-11-22)18-25(28)26-19-24(32(34)35)14-17-29(26)31/h13-14,16-19,21-22,33H,3-12,15,20H2,1-2H3. The normalized spacial score (nSPS) is 16.2. The summed E-state index contributed by atoms with van der Waals surface area (Å²) >= 11 is 0. The van der Waals surface area contributed by atoms with E-state index in [0.29, 0.717) is 17.5 Å². The molecule has 1 saturated carbocycles. The van der Waals surface area contributed by atoms with Gasteiger partial charge in [0.25, 0.3) is 5.69 Å². The minimum atomic E-state index is -0.326. The quantitative estimate of drug-likeness (QED) is 0.130. The van der Waals surface area contributed by atoms with Crippen molar-refractivity contribution in [2.75, 3.05) is 0 Å². The zero-order valence-corrected chi connectivity index (χ0v) is 21.2. The molecule has 6 nitrogen and oxygen atoms in total. The molecule has 1 aliphatic carbocycles. The maximum atomic E-state index is 11.5. The number of hydrogen-bond acceptors (Lipinski definition) is 4. The number of nitro benzene ring substituents is 1. The van der Waals surface area contributed by atoms with E-state index >= 15 is 0 Å². The number of unbranched alkanes of at least 4 members (excludes halogenated alkanes) is 1. The van der Waals surface area contributed by atoms with Crippen LogP contribution >= 0.6 is 0 Å². The van der Waals surface area contributed by atoms with Gasteiger partial charge in [-0.3, -0.25) is 10.1 Å². The average molecular weight is 478 g/mol. The van der Waals surface area contributed by atoms with Gasteiger partial charge in [0.1, 0.15) is 0 Å². The molecule has 3 aromatic rings. The Bertz CT molecular complexity index is 1190. The molecule has 1 N–H and O–H groups in total. The van der Waals surface area contributed by atoms with E-state index in [1.165, 1.54) is 51.4 Å². The van der Waals surface area contributed by atoms with Crippen molar-refractivity contribution in [1.82, 2.24) is 4.57 Å². The summed E-state index contributed by atoms with van der Waals surface area (Å²) in [5, 5.41) is 26.9. The zero-order chi connectivity index (χ0) is 24.8. The second-order valence-corrected chi connectivity index (χ2v) is 10.3. The molecule has 1 aromatic heterocycles. The molecule has 0 spiro atoms. The van der Waals surface area contributed by atoms with Crippen molar-refractivity contribution in [2.24, 2.45) is 17.0 Å². The van der Waals surface area contributed by atoms with Crippen LogP contribution < -0.4 is 0 Å². The number of hydrogen-bond donors (Lipinski definition) is 1. The summed E-state index contributed by atoms with van der Waals surface area (Å²) in [6.07, 6.45) is 13.0. The van der Waals surface area contributed by atoms with Gasteiger partial charge >= 0.3 is 0 Å². The first-order valence-corrected chi connectivity index (χ1v) is 13.5. The van der Waals surface area contributed by atoms with Crippen LogP contribution in [0, 0.1) is 22.0 Å². The van der Waals surface area contributed by atoms with E-state index in [2.05, 4.69) is 41.8 Å². The van der Waals surface area contributed by atoms with Crippen LogP contribution in [0.4, 0.5) is 5.69 Å². The molecule has 6 heteroatoms. The van der Waals surface area contributed by atoms with Crippen molar-refractivity contribution in [3.05, 3.63) is 52.1 Å². The number of non-ortho nitro benzene ring substituents is 1. The fourth-order valence-electron chi connectivity index (χ4n) is 5.83. The first-order chi connectivity index (χ1) is 17.0. The number of oxime groups is 1. The topological polar surface area (TPSA) is 80.7 Å². The van der Waals surface area contributed by atoms with Crippen molar-refractivity contribution in [2.45, 2.75) is 91.0 Å². The summed E-state index contributed by atoms with van der Waals surface area (Å²) in [6, 6.07) is 11.4. The van der Waals surface area contributed by atoms with Crippen molar-refractivity contribution in [3.63, 3.8) is 0 Å². The van der Waals surface area contributed by atoms with Gasteiger partial charge in [-0.25, -0.2) is 0 Å². The van der Waals surface area contributed by atoms with Gasteiger partial charge < -0.3 is 9.77 Å². The number of nitrogens with zero attached hydrogens (tertiary/aromatic N) is 3. The first kappa shape index (κ1) is 25.2. The van der Waals surface area contributed by atoms with Crippen molar-refractivity contribution < 1.29 is 10.1 Å². The van der Waals surface area contributed by atoms with Crippen molar-refractivity contribution in [1.29, 1.82) is 0 Å². The van der Waals surface area contributed by atoms with E-state index in [9.17, 15) is 15.3 Å². The Labute approximate surface area is 208 Å². The third kappa shape index (κ3) is 5.68. The lowest BCUT2D eigenvalue weighted by Crippen LogP contribution is -2.11. The van der Waals surface area contributed by atoms with Gasteiger partial charge in [0, 0.05) is 46.0 Å². The molecular weight excluding hydrogens is 438 g/mol. The Hall–Kier alpha value is -2.89. The molecule has 35 heavy (non-hydrogen) atoms. The van der Waals surface area contributed by atoms with E-state index in [1.54, 1.807) is 12.1 Å². The summed E-state index contributed by atoms with van der Waals surface area (Å²) < 4.78 is 2.33. The minimum absolute atomic E-state index is 0.105. The third-order valence-electron chi connectivity index (χ3n) is 8.01. The zero-order valence-electron chi connectivity index (χ0n) is 21.2. The Kier molecular flexibility index (Phi) is 8.42. The first-order valence-electron chi connectivity index (χ1n) is 13.5. The summed E-state index contributed by atoms with van der Waals surface area (Å²) in [6.45, 7) is 5.37. The van der Waals surface area contributed by atoms with E-state index in [1.807, 2.05) is 6.07 Å². The van der Waals surface area contributed by atoms with Gasteiger partial charge in [0.2, 0.25) is 0 Å². The Morgan fingerprint density at radius 2 is 1.83 bits per heavy atom. The fourth-order valence-corrected chi connectivity index (χ4v) is 5.83. The lowest BCUT2D eigenvalue weighted by Gasteiger charge is -2.21. The summed E-state index contributed by atoms with van der Waals surface area (Å²) in [4.78, 5) is 11.2. The predicted octanol–water partition coefficient (Wildman–Crippen LogP) is 8.46. The monoisotopic (exact) mass is 477 g/mol. The van der Waals surface area contributed by atoms with E-state index in [-0.39, 0.29) is 10.6 Å². The van der Waals surface area contributed by atoms with Gasteiger partial charge in [0.15, 0.2) is 0 Å². The molecule has 188 valence electrons. The lowest BCUT2D eigenvalue weighted by atomic mass is 9.85. The summed E-state index contributed by atoms with van der Waals surface area (Å²) in [7, 11) is 0. The van der Waals surface area contributed by atoms with Gasteiger partial charge in [-0.2, -0.15) is 0 Å². The van der Waals surface area contributed by atoms with Crippen LogP contribution in [-0.4, -0.2) is 20.4 Å². The second-order valence-electron chi connectivity index (χ2n) is 10.3. The molecule has 0 aliphatic heterocycles. The molecule has 0 bridgehead atoms. The van der Waals surface area contributed by atoms with Crippen LogP contribution in [0.5, 0.6) is 0 Å². The van der Waals surface area contributed by atoms with E-state index in [4.69, 9.17) is 0 Å². The highest BCUT2D eigenvalue weighted by molar-refractivity contribution is 6.12. The van der Waals surface area contributed by atoms with Crippen LogP contribution in [-0.2, 0) is 6.54 Å². The maximum absolute atomic E-state index is 11.5. The molecule has 0 saturated heterocycles. The largest absolute Gasteiger partial charge is 0.411 e. The average Bonchev–Trinajstić information content (AvgIpc) is 3.19. The molecule has 2 aromatic carbocycles. The van der Waals surface area contributed by atoms with Gasteiger partial charge in [-0.05, 0) is 49.3 Å². The molecule has 1 unspecified atom stereocenters. The van der Waals surface area contributed by atoms with Gasteiger partial charge in [-0.15, -0.1) is 0 Å². The molecule has 1 aliphatic rings. The molecule has 4 rings (SSSR count). The number of rotatable bonds is 11. The fraction of sp³-hybridized carbons (Fsp3) is 0.552. The third-order valence-corrected chi connectivity index (χ3v) is 8.01. The Morgan fingerprint density at radius 3 is 2.49 bits per heavy atom. The minimum Gasteiger partial charge on any atom is -0.411 e. The van der Waals surface area contributed by atoms with Crippen LogP contribution in [0.3, 0.4) is 0 Å². The Balaban J connectivity index is 1.72. The highest BCUT2D eigenvalue weighted by Crippen LogP contribution is 2.35. The highest BCUT2D eigenvalue weighted by Gasteiger charge is 2.20. The molecule has 0 amide bonds. The van der Waals surface area contributed by atoms with Gasteiger partial charge in [0.05, 0.1) is 10.6 Å². The molecule has 1 heterocycles. The predicted molar refractivity (Wildman–Crippen MR) is 144 cm³/mol. The van der Waals surface area contributed by atoms with Crippen molar-refractivity contribution in [3.8, 4) is 0 Å². The lowest BCUT2D eigenvalue weighted by molar-refractivity contribution is -0.384. The van der Waals surface area contributed by atoms with Crippen LogP contribution in [0.25, 0.3) is 21.8 Å². The molecule has 1 atom stereocenters. The number of aromatic nitrogens is 1. The van der Waals surface area contributed by atoms with Gasteiger partial charge in [-0.1, -0.05) is 76.4 Å². The van der Waals surface area contributed by atoms with Crippen molar-refractivity contribution >= 4 is 33.2 Å². The number of fused-ring (bicyclic) bond motifs is 3. The SMILES string of the molecule is CCCCC(CC)Cn1c2ccc(C(CCC3CCCCC3)=NO)cc2c2cc([N+](=O)[O-])ccc21. The Morgan fingerprint density at radius 1 is 1.11 bits per heavy atom. The maximum Gasteiger partial charge on any atom is 0.270 e. The van der Waals surface area contributed by atoms with Crippen LogP contribution in [0.15, 0.2) is 41.6 Å². The molecular formula is C29H39N3O3. The smallest absolute Gasteiger partial charge is 0.270 e. The van der Waals surface area contributed by atoms with E-state index in [0.717, 1.165) is 53.2 Å². The van der Waals surface area contributed by atoms with Crippen LogP contribution in [0.1, 0.15) is 90.0 Å². The number of benzene rings is 2. The molecule has 0 radical (unpaired) electrons. The molecule has 1 fully saturated rings. The number of nitro groups is 1.